The first kappa shape index (κ1) is 20.0. The summed E-state index contributed by atoms with van der Waals surface area (Å²) in [6.07, 6.45) is 0.623. The van der Waals surface area contributed by atoms with E-state index in [4.69, 9.17) is 4.98 Å². The molecule has 4 heterocycles. The number of H-pyrrole nitrogens is 1. The van der Waals surface area contributed by atoms with Crippen LogP contribution < -0.4 is 5.56 Å². The summed E-state index contributed by atoms with van der Waals surface area (Å²) in [5.41, 5.74) is 2.56. The number of pyridine rings is 1. The van der Waals surface area contributed by atoms with Gasteiger partial charge in [0.15, 0.2) is 11.3 Å². The summed E-state index contributed by atoms with van der Waals surface area (Å²) >= 11 is 0. The van der Waals surface area contributed by atoms with E-state index in [-0.39, 0.29) is 5.56 Å². The minimum atomic E-state index is -4.38. The van der Waals surface area contributed by atoms with Crippen LogP contribution in [0.5, 0.6) is 0 Å². The van der Waals surface area contributed by atoms with Gasteiger partial charge in [-0.25, -0.2) is 15.0 Å². The third-order valence-electron chi connectivity index (χ3n) is 5.44. The van der Waals surface area contributed by atoms with Gasteiger partial charge in [0.2, 0.25) is 0 Å². The van der Waals surface area contributed by atoms with Crippen LogP contribution in [-0.2, 0) is 19.8 Å². The molecule has 0 saturated heterocycles. The SMILES string of the molecule is Cc1nc2ncc(-c3cn(C)c(=O)c4[nH]ccc34)nc2n1Cc1ccc(C(F)(F)F)cc1. The molecule has 0 unspecified atom stereocenters. The molecule has 5 aromatic rings. The number of aromatic amines is 1. The lowest BCUT2D eigenvalue weighted by Gasteiger charge is -2.10. The standard InChI is InChI=1S/C22H17F3N6O/c1-12-28-19-20(31(12)10-13-3-5-14(6-4-13)22(23,24)25)29-17(9-27-19)16-11-30(2)21(32)18-15(16)7-8-26-18/h3-9,11,26H,10H2,1-2H3. The molecule has 32 heavy (non-hydrogen) atoms. The lowest BCUT2D eigenvalue weighted by Crippen LogP contribution is -2.16. The molecule has 162 valence electrons. The van der Waals surface area contributed by atoms with Gasteiger partial charge < -0.3 is 14.1 Å². The number of aromatic nitrogens is 6. The summed E-state index contributed by atoms with van der Waals surface area (Å²) in [5, 5.41) is 0.729. The molecule has 0 aliphatic carbocycles. The van der Waals surface area contributed by atoms with Gasteiger partial charge in [-0.1, -0.05) is 12.1 Å². The fourth-order valence-corrected chi connectivity index (χ4v) is 3.77. The maximum atomic E-state index is 12.9. The number of nitrogens with zero attached hydrogens (tertiary/aromatic N) is 5. The zero-order chi connectivity index (χ0) is 22.6. The van der Waals surface area contributed by atoms with Crippen LogP contribution in [0.15, 0.2) is 53.7 Å². The van der Waals surface area contributed by atoms with E-state index in [1.165, 1.54) is 16.7 Å². The predicted molar refractivity (Wildman–Crippen MR) is 113 cm³/mol. The molecular formula is C22H17F3N6O. The van der Waals surface area contributed by atoms with Crippen molar-refractivity contribution < 1.29 is 13.2 Å². The van der Waals surface area contributed by atoms with Gasteiger partial charge in [-0.05, 0) is 30.7 Å². The summed E-state index contributed by atoms with van der Waals surface area (Å²) < 4.78 is 41.9. The molecule has 7 nitrogen and oxygen atoms in total. The quantitative estimate of drug-likeness (QED) is 0.461. The van der Waals surface area contributed by atoms with Crippen molar-refractivity contribution in [3.8, 4) is 11.3 Å². The van der Waals surface area contributed by atoms with E-state index in [1.54, 1.807) is 32.6 Å². The van der Waals surface area contributed by atoms with E-state index < -0.39 is 11.7 Å². The van der Waals surface area contributed by atoms with E-state index in [1.807, 2.05) is 10.6 Å². The molecule has 0 radical (unpaired) electrons. The Hall–Kier alpha value is -3.95. The molecule has 5 rings (SSSR count). The normalized spacial score (nSPS) is 12.2. The Morgan fingerprint density at radius 2 is 1.84 bits per heavy atom. The highest BCUT2D eigenvalue weighted by Gasteiger charge is 2.30. The van der Waals surface area contributed by atoms with Gasteiger partial charge >= 0.3 is 6.18 Å². The second kappa shape index (κ2) is 7.04. The average Bonchev–Trinajstić information content (AvgIpc) is 3.36. The van der Waals surface area contributed by atoms with Crippen molar-refractivity contribution in [2.75, 3.05) is 0 Å². The van der Waals surface area contributed by atoms with Crippen LogP contribution in [0.25, 0.3) is 33.5 Å². The number of aryl methyl sites for hydroxylation is 2. The van der Waals surface area contributed by atoms with Crippen LogP contribution >= 0.6 is 0 Å². The highest BCUT2D eigenvalue weighted by Crippen LogP contribution is 2.30. The Balaban J connectivity index is 1.60. The first-order valence-electron chi connectivity index (χ1n) is 9.75. The van der Waals surface area contributed by atoms with Gasteiger partial charge in [-0.15, -0.1) is 0 Å². The predicted octanol–water partition coefficient (Wildman–Crippen LogP) is 4.05. The van der Waals surface area contributed by atoms with Crippen LogP contribution in [-0.4, -0.2) is 29.1 Å². The first-order chi connectivity index (χ1) is 15.2. The van der Waals surface area contributed by atoms with Crippen LogP contribution in [0.3, 0.4) is 0 Å². The smallest absolute Gasteiger partial charge is 0.357 e. The van der Waals surface area contributed by atoms with E-state index in [9.17, 15) is 18.0 Å². The van der Waals surface area contributed by atoms with Gasteiger partial charge in [-0.2, -0.15) is 13.2 Å². The largest absolute Gasteiger partial charge is 0.416 e. The van der Waals surface area contributed by atoms with Crippen molar-refractivity contribution in [1.82, 2.24) is 29.1 Å². The molecule has 10 heteroatoms. The summed E-state index contributed by atoms with van der Waals surface area (Å²) in [7, 11) is 1.66. The van der Waals surface area contributed by atoms with Crippen molar-refractivity contribution in [2.24, 2.45) is 7.05 Å². The number of halogens is 3. The second-order valence-electron chi connectivity index (χ2n) is 7.57. The van der Waals surface area contributed by atoms with Crippen molar-refractivity contribution in [3.05, 3.63) is 76.2 Å². The highest BCUT2D eigenvalue weighted by molar-refractivity contribution is 5.93. The fourth-order valence-electron chi connectivity index (χ4n) is 3.77. The maximum Gasteiger partial charge on any atom is 0.416 e. The lowest BCUT2D eigenvalue weighted by atomic mass is 10.1. The summed E-state index contributed by atoms with van der Waals surface area (Å²) in [6, 6.07) is 6.83. The second-order valence-corrected chi connectivity index (χ2v) is 7.57. The average molecular weight is 438 g/mol. The molecule has 0 amide bonds. The molecule has 0 fully saturated rings. The van der Waals surface area contributed by atoms with Gasteiger partial charge in [0.1, 0.15) is 11.3 Å². The summed E-state index contributed by atoms with van der Waals surface area (Å²) in [5.74, 6) is 0.643. The summed E-state index contributed by atoms with van der Waals surface area (Å²) in [4.78, 5) is 28.9. The van der Waals surface area contributed by atoms with Gasteiger partial charge in [0, 0.05) is 30.4 Å². The minimum absolute atomic E-state index is 0.147. The van der Waals surface area contributed by atoms with Crippen LogP contribution in [0.4, 0.5) is 13.2 Å². The number of hydrogen-bond donors (Lipinski definition) is 1. The van der Waals surface area contributed by atoms with Crippen molar-refractivity contribution in [1.29, 1.82) is 0 Å². The highest BCUT2D eigenvalue weighted by atomic mass is 19.4. The van der Waals surface area contributed by atoms with Crippen LogP contribution in [0.2, 0.25) is 0 Å². The Labute approximate surface area is 179 Å². The number of rotatable bonds is 3. The van der Waals surface area contributed by atoms with Crippen molar-refractivity contribution in [2.45, 2.75) is 19.6 Å². The molecule has 4 aromatic heterocycles. The Morgan fingerprint density at radius 3 is 2.56 bits per heavy atom. The third kappa shape index (κ3) is 3.24. The maximum absolute atomic E-state index is 12.9. The molecule has 0 saturated carbocycles. The number of fused-ring (bicyclic) bond motifs is 2. The van der Waals surface area contributed by atoms with E-state index in [2.05, 4.69) is 15.0 Å². The van der Waals surface area contributed by atoms with Crippen molar-refractivity contribution >= 4 is 22.2 Å². The van der Waals surface area contributed by atoms with Gasteiger partial charge in [-0.3, -0.25) is 4.79 Å². The van der Waals surface area contributed by atoms with E-state index in [0.717, 1.165) is 23.1 Å². The molecule has 1 aromatic carbocycles. The Kier molecular flexibility index (Phi) is 4.40. The van der Waals surface area contributed by atoms with Gasteiger partial charge in [0.05, 0.1) is 24.0 Å². The first-order valence-corrected chi connectivity index (χ1v) is 9.75. The molecule has 0 aliphatic heterocycles. The monoisotopic (exact) mass is 438 g/mol. The van der Waals surface area contributed by atoms with E-state index >= 15 is 0 Å². The summed E-state index contributed by atoms with van der Waals surface area (Å²) in [6.45, 7) is 2.09. The zero-order valence-electron chi connectivity index (χ0n) is 17.1. The Bertz CT molecular complexity index is 1530. The molecular weight excluding hydrogens is 421 g/mol. The molecule has 0 aliphatic rings. The number of alkyl halides is 3. The van der Waals surface area contributed by atoms with Crippen molar-refractivity contribution in [3.63, 3.8) is 0 Å². The number of benzene rings is 1. The number of nitrogens with one attached hydrogen (secondary N) is 1. The zero-order valence-corrected chi connectivity index (χ0v) is 17.1. The molecule has 1 N–H and O–H groups in total. The van der Waals surface area contributed by atoms with Gasteiger partial charge in [0.25, 0.3) is 5.56 Å². The lowest BCUT2D eigenvalue weighted by molar-refractivity contribution is -0.137. The number of hydrogen-bond acceptors (Lipinski definition) is 4. The molecule has 0 atom stereocenters. The van der Waals surface area contributed by atoms with Crippen LogP contribution in [0.1, 0.15) is 17.0 Å². The number of imidazole rings is 1. The minimum Gasteiger partial charge on any atom is -0.357 e. The van der Waals surface area contributed by atoms with Crippen LogP contribution in [0, 0.1) is 6.92 Å². The Morgan fingerprint density at radius 1 is 1.09 bits per heavy atom. The molecule has 0 bridgehead atoms. The molecule has 0 spiro atoms. The third-order valence-corrected chi connectivity index (χ3v) is 5.44. The topological polar surface area (TPSA) is 81.4 Å². The fraction of sp³-hybridized carbons (Fsp3) is 0.182. The van der Waals surface area contributed by atoms with E-state index in [0.29, 0.717) is 40.4 Å².